The molecule has 1 atom stereocenters. The van der Waals surface area contributed by atoms with Crippen LogP contribution in [0.5, 0.6) is 5.75 Å². The maximum atomic E-state index is 6.00. The van der Waals surface area contributed by atoms with Gasteiger partial charge < -0.3 is 10.5 Å². The Morgan fingerprint density at radius 1 is 1.23 bits per heavy atom. The molecule has 0 radical (unpaired) electrons. The fraction of sp³-hybridized carbons (Fsp3) is 0.455. The molecule has 3 rings (SSSR count). The first-order valence-corrected chi connectivity index (χ1v) is 4.89. The quantitative estimate of drug-likeness (QED) is 0.649. The van der Waals surface area contributed by atoms with Gasteiger partial charge in [-0.15, -0.1) is 0 Å². The van der Waals surface area contributed by atoms with Crippen molar-refractivity contribution in [3.8, 4) is 5.75 Å². The zero-order valence-corrected chi connectivity index (χ0v) is 7.55. The first kappa shape index (κ1) is 7.39. The second-order valence-electron chi connectivity index (χ2n) is 3.85. The lowest BCUT2D eigenvalue weighted by Gasteiger charge is -2.07. The van der Waals surface area contributed by atoms with Crippen LogP contribution >= 0.6 is 0 Å². The highest BCUT2D eigenvalue weighted by Gasteiger charge is 2.25. The number of hydrogen-bond acceptors (Lipinski definition) is 2. The maximum Gasteiger partial charge on any atom is 0.122 e. The predicted molar refractivity (Wildman–Crippen MR) is 50.9 cm³/mol. The number of hydrogen-bond donors (Lipinski definition) is 1. The van der Waals surface area contributed by atoms with E-state index < -0.39 is 0 Å². The van der Waals surface area contributed by atoms with Crippen molar-refractivity contribution in [3.05, 3.63) is 28.8 Å². The van der Waals surface area contributed by atoms with Gasteiger partial charge in [0.15, 0.2) is 0 Å². The Morgan fingerprint density at radius 2 is 2.15 bits per heavy atom. The van der Waals surface area contributed by atoms with Gasteiger partial charge in [-0.3, -0.25) is 0 Å². The van der Waals surface area contributed by atoms with Gasteiger partial charge in [0.1, 0.15) is 5.75 Å². The summed E-state index contributed by atoms with van der Waals surface area (Å²) in [7, 11) is 0. The third-order valence-corrected chi connectivity index (χ3v) is 3.14. The Morgan fingerprint density at radius 3 is 3.08 bits per heavy atom. The van der Waals surface area contributed by atoms with E-state index in [4.69, 9.17) is 10.5 Å². The zero-order valence-electron chi connectivity index (χ0n) is 7.55. The van der Waals surface area contributed by atoms with Crippen LogP contribution in [-0.4, -0.2) is 6.61 Å². The monoisotopic (exact) mass is 175 g/mol. The lowest BCUT2D eigenvalue weighted by atomic mass is 10.0. The summed E-state index contributed by atoms with van der Waals surface area (Å²) in [6, 6.07) is 4.48. The van der Waals surface area contributed by atoms with Crippen LogP contribution in [0.2, 0.25) is 0 Å². The minimum absolute atomic E-state index is 0.265. The maximum absolute atomic E-state index is 6.00. The number of fused-ring (bicyclic) bond motifs is 3. The van der Waals surface area contributed by atoms with Gasteiger partial charge in [0.05, 0.1) is 6.61 Å². The van der Waals surface area contributed by atoms with Crippen LogP contribution in [0.25, 0.3) is 0 Å². The summed E-state index contributed by atoms with van der Waals surface area (Å²) < 4.78 is 5.52. The predicted octanol–water partition coefficient (Wildman–Crippen LogP) is 1.57. The third-order valence-electron chi connectivity index (χ3n) is 3.14. The SMILES string of the molecule is N[C@@H]1CCc2c1ccc1c2CCO1. The van der Waals surface area contributed by atoms with Crippen LogP contribution in [0, 0.1) is 0 Å². The van der Waals surface area contributed by atoms with Crippen molar-refractivity contribution in [2.75, 3.05) is 6.61 Å². The molecule has 0 amide bonds. The molecule has 0 saturated heterocycles. The molecule has 2 N–H and O–H groups in total. The van der Waals surface area contributed by atoms with Crippen LogP contribution < -0.4 is 10.5 Å². The number of nitrogens with two attached hydrogens (primary N) is 1. The van der Waals surface area contributed by atoms with Gasteiger partial charge in [0.2, 0.25) is 0 Å². The van der Waals surface area contributed by atoms with E-state index in [9.17, 15) is 0 Å². The molecule has 1 aliphatic heterocycles. The van der Waals surface area contributed by atoms with E-state index in [1.54, 1.807) is 0 Å². The molecule has 0 fully saturated rings. The lowest BCUT2D eigenvalue weighted by molar-refractivity contribution is 0.357. The molecule has 2 nitrogen and oxygen atoms in total. The van der Waals surface area contributed by atoms with Crippen LogP contribution in [0.4, 0.5) is 0 Å². The van der Waals surface area contributed by atoms with Gasteiger partial charge >= 0.3 is 0 Å². The highest BCUT2D eigenvalue weighted by atomic mass is 16.5. The minimum atomic E-state index is 0.265. The Kier molecular flexibility index (Phi) is 1.41. The molecule has 2 heteroatoms. The second-order valence-corrected chi connectivity index (χ2v) is 3.85. The molecule has 1 aromatic carbocycles. The van der Waals surface area contributed by atoms with Crippen LogP contribution in [-0.2, 0) is 12.8 Å². The van der Waals surface area contributed by atoms with Gasteiger partial charge in [-0.05, 0) is 30.0 Å². The van der Waals surface area contributed by atoms with Crippen molar-refractivity contribution in [1.82, 2.24) is 0 Å². The smallest absolute Gasteiger partial charge is 0.122 e. The van der Waals surface area contributed by atoms with E-state index >= 15 is 0 Å². The molecular formula is C11H13NO. The topological polar surface area (TPSA) is 35.2 Å². The first-order chi connectivity index (χ1) is 6.36. The molecule has 0 aromatic heterocycles. The minimum Gasteiger partial charge on any atom is -0.493 e. The largest absolute Gasteiger partial charge is 0.493 e. The van der Waals surface area contributed by atoms with Gasteiger partial charge in [-0.25, -0.2) is 0 Å². The standard InChI is InChI=1S/C11H13NO/c12-10-3-1-7-8(10)2-4-11-9(7)5-6-13-11/h2,4,10H,1,3,5-6,12H2/t10-/m1/s1. The Balaban J connectivity index is 2.21. The molecule has 0 unspecified atom stereocenters. The van der Waals surface area contributed by atoms with Crippen molar-refractivity contribution in [3.63, 3.8) is 0 Å². The molecule has 2 aliphatic rings. The molecule has 68 valence electrons. The van der Waals surface area contributed by atoms with Crippen LogP contribution in [0.3, 0.4) is 0 Å². The Bertz CT molecular complexity index is 359. The normalized spacial score (nSPS) is 23.9. The average molecular weight is 175 g/mol. The zero-order chi connectivity index (χ0) is 8.84. The molecular weight excluding hydrogens is 162 g/mol. The summed E-state index contributed by atoms with van der Waals surface area (Å²) in [6.07, 6.45) is 3.32. The van der Waals surface area contributed by atoms with E-state index in [1.807, 2.05) is 0 Å². The Hall–Kier alpha value is -1.02. The number of rotatable bonds is 0. The summed E-state index contributed by atoms with van der Waals surface area (Å²) in [6.45, 7) is 0.848. The fourth-order valence-electron chi connectivity index (χ4n) is 2.46. The number of ether oxygens (including phenoxy) is 1. The highest BCUT2D eigenvalue weighted by Crippen LogP contribution is 2.38. The number of benzene rings is 1. The van der Waals surface area contributed by atoms with E-state index in [-0.39, 0.29) is 6.04 Å². The summed E-state index contributed by atoms with van der Waals surface area (Å²) >= 11 is 0. The van der Waals surface area contributed by atoms with Crippen molar-refractivity contribution < 1.29 is 4.74 Å². The Labute approximate surface area is 77.7 Å². The van der Waals surface area contributed by atoms with Crippen molar-refractivity contribution in [2.45, 2.75) is 25.3 Å². The molecule has 1 heterocycles. The van der Waals surface area contributed by atoms with Crippen molar-refractivity contribution in [1.29, 1.82) is 0 Å². The van der Waals surface area contributed by atoms with E-state index in [1.165, 1.54) is 16.7 Å². The van der Waals surface area contributed by atoms with Gasteiger partial charge in [-0.2, -0.15) is 0 Å². The lowest BCUT2D eigenvalue weighted by Crippen LogP contribution is -2.05. The first-order valence-electron chi connectivity index (χ1n) is 4.89. The molecule has 0 bridgehead atoms. The molecule has 0 spiro atoms. The summed E-state index contributed by atoms with van der Waals surface area (Å²) in [5.41, 5.74) is 10.2. The van der Waals surface area contributed by atoms with Gasteiger partial charge in [-0.1, -0.05) is 6.07 Å². The molecule has 1 aromatic rings. The second kappa shape index (κ2) is 2.48. The van der Waals surface area contributed by atoms with E-state index in [2.05, 4.69) is 12.1 Å². The summed E-state index contributed by atoms with van der Waals surface area (Å²) in [5.74, 6) is 1.09. The van der Waals surface area contributed by atoms with Gasteiger partial charge in [0, 0.05) is 18.0 Å². The van der Waals surface area contributed by atoms with Crippen LogP contribution in [0.15, 0.2) is 12.1 Å². The van der Waals surface area contributed by atoms with E-state index in [0.717, 1.165) is 31.6 Å². The highest BCUT2D eigenvalue weighted by molar-refractivity contribution is 5.50. The third kappa shape index (κ3) is 0.923. The summed E-state index contributed by atoms with van der Waals surface area (Å²) in [4.78, 5) is 0. The molecule has 13 heavy (non-hydrogen) atoms. The van der Waals surface area contributed by atoms with Gasteiger partial charge in [0.25, 0.3) is 0 Å². The molecule has 1 aliphatic carbocycles. The fourth-order valence-corrected chi connectivity index (χ4v) is 2.46. The van der Waals surface area contributed by atoms with Crippen LogP contribution in [0.1, 0.15) is 29.2 Å². The van der Waals surface area contributed by atoms with Crippen molar-refractivity contribution in [2.24, 2.45) is 5.73 Å². The average Bonchev–Trinajstić information content (AvgIpc) is 2.70. The van der Waals surface area contributed by atoms with Crippen molar-refractivity contribution >= 4 is 0 Å². The summed E-state index contributed by atoms with van der Waals surface area (Å²) in [5, 5.41) is 0. The molecule has 0 saturated carbocycles. The van der Waals surface area contributed by atoms with E-state index in [0.29, 0.717) is 0 Å².